The lowest BCUT2D eigenvalue weighted by molar-refractivity contribution is -0.384. The quantitative estimate of drug-likeness (QED) is 0.179. The van der Waals surface area contributed by atoms with E-state index >= 15 is 0 Å². The van der Waals surface area contributed by atoms with Crippen LogP contribution in [0.15, 0.2) is 83.9 Å². The number of anilines is 2. The standard InChI is InChI=1S/C22H16ClN3O2S2/c23-17-8-10-18(11-9-17)24-22-21(25-20(30-22)16-4-2-1-3-5-16)29-14-15-6-12-19(13-7-15)26(27)28/h1-13,24H,14H2. The Kier molecular flexibility index (Phi) is 6.32. The summed E-state index contributed by atoms with van der Waals surface area (Å²) in [7, 11) is 0. The maximum atomic E-state index is 10.8. The molecule has 8 heteroatoms. The van der Waals surface area contributed by atoms with Gasteiger partial charge in [-0.15, -0.1) is 0 Å². The van der Waals surface area contributed by atoms with Crippen LogP contribution in [0.4, 0.5) is 16.4 Å². The third-order valence-corrected chi connectivity index (χ3v) is 6.69. The van der Waals surface area contributed by atoms with Crippen molar-refractivity contribution in [3.8, 4) is 10.6 Å². The monoisotopic (exact) mass is 453 g/mol. The maximum absolute atomic E-state index is 10.8. The molecule has 0 saturated heterocycles. The smallest absolute Gasteiger partial charge is 0.269 e. The zero-order valence-electron chi connectivity index (χ0n) is 15.6. The molecule has 30 heavy (non-hydrogen) atoms. The van der Waals surface area contributed by atoms with Crippen molar-refractivity contribution in [3.05, 3.63) is 99.6 Å². The van der Waals surface area contributed by atoms with Gasteiger partial charge in [0, 0.05) is 34.2 Å². The molecular formula is C22H16ClN3O2S2. The van der Waals surface area contributed by atoms with Crippen LogP contribution >= 0.6 is 34.7 Å². The van der Waals surface area contributed by atoms with Crippen molar-refractivity contribution in [2.45, 2.75) is 10.8 Å². The molecule has 0 fully saturated rings. The van der Waals surface area contributed by atoms with Gasteiger partial charge in [0.25, 0.3) is 5.69 Å². The summed E-state index contributed by atoms with van der Waals surface area (Å²) < 4.78 is 0. The minimum Gasteiger partial charge on any atom is -0.345 e. The van der Waals surface area contributed by atoms with Crippen molar-refractivity contribution in [2.24, 2.45) is 0 Å². The Bertz CT molecular complexity index is 1150. The molecule has 0 unspecified atom stereocenters. The highest BCUT2D eigenvalue weighted by Crippen LogP contribution is 2.40. The second-order valence-electron chi connectivity index (χ2n) is 6.36. The molecule has 0 atom stereocenters. The van der Waals surface area contributed by atoms with Gasteiger partial charge < -0.3 is 5.32 Å². The van der Waals surface area contributed by atoms with Gasteiger partial charge in [0.1, 0.15) is 15.0 Å². The van der Waals surface area contributed by atoms with Crippen molar-refractivity contribution in [2.75, 3.05) is 5.32 Å². The van der Waals surface area contributed by atoms with E-state index < -0.39 is 4.92 Å². The van der Waals surface area contributed by atoms with Crippen LogP contribution in [-0.2, 0) is 5.75 Å². The SMILES string of the molecule is O=[N+]([O-])c1ccc(CSc2nc(-c3ccccc3)sc2Nc2ccc(Cl)cc2)cc1. The Morgan fingerprint density at radius 2 is 1.70 bits per heavy atom. The lowest BCUT2D eigenvalue weighted by Crippen LogP contribution is -1.90. The number of benzene rings is 3. The molecule has 0 amide bonds. The van der Waals surface area contributed by atoms with Gasteiger partial charge in [-0.05, 0) is 29.8 Å². The molecule has 1 heterocycles. The zero-order chi connectivity index (χ0) is 20.9. The van der Waals surface area contributed by atoms with E-state index in [1.165, 1.54) is 12.1 Å². The number of aromatic nitrogens is 1. The molecule has 4 rings (SSSR count). The molecule has 1 N–H and O–H groups in total. The summed E-state index contributed by atoms with van der Waals surface area (Å²) in [5, 5.41) is 17.7. The molecule has 0 aliphatic rings. The van der Waals surface area contributed by atoms with Gasteiger partial charge in [0.2, 0.25) is 0 Å². The summed E-state index contributed by atoms with van der Waals surface area (Å²) in [4.78, 5) is 15.3. The molecule has 0 radical (unpaired) electrons. The molecule has 0 bridgehead atoms. The van der Waals surface area contributed by atoms with Gasteiger partial charge >= 0.3 is 0 Å². The Hall–Kier alpha value is -2.87. The number of non-ortho nitro benzene ring substituents is 1. The lowest BCUT2D eigenvalue weighted by Gasteiger charge is -2.06. The van der Waals surface area contributed by atoms with E-state index in [-0.39, 0.29) is 5.69 Å². The highest BCUT2D eigenvalue weighted by atomic mass is 35.5. The highest BCUT2D eigenvalue weighted by molar-refractivity contribution is 7.98. The van der Waals surface area contributed by atoms with Crippen molar-refractivity contribution in [3.63, 3.8) is 0 Å². The number of nitrogens with zero attached hydrogens (tertiary/aromatic N) is 2. The number of thiazole rings is 1. The fraction of sp³-hybridized carbons (Fsp3) is 0.0455. The van der Waals surface area contributed by atoms with Crippen LogP contribution in [0.5, 0.6) is 0 Å². The van der Waals surface area contributed by atoms with E-state index in [2.05, 4.69) is 5.32 Å². The Morgan fingerprint density at radius 3 is 2.37 bits per heavy atom. The van der Waals surface area contributed by atoms with Gasteiger partial charge in [-0.1, -0.05) is 77.2 Å². The minimum absolute atomic E-state index is 0.0915. The Morgan fingerprint density at radius 1 is 1.00 bits per heavy atom. The minimum atomic E-state index is -0.391. The summed E-state index contributed by atoms with van der Waals surface area (Å²) in [6.07, 6.45) is 0. The van der Waals surface area contributed by atoms with E-state index in [0.29, 0.717) is 10.8 Å². The fourth-order valence-corrected chi connectivity index (χ4v) is 4.92. The second-order valence-corrected chi connectivity index (χ2v) is 8.76. The largest absolute Gasteiger partial charge is 0.345 e. The van der Waals surface area contributed by atoms with Crippen LogP contribution in [-0.4, -0.2) is 9.91 Å². The van der Waals surface area contributed by atoms with E-state index in [0.717, 1.165) is 31.8 Å². The van der Waals surface area contributed by atoms with Crippen LogP contribution in [0.25, 0.3) is 10.6 Å². The van der Waals surface area contributed by atoms with Crippen LogP contribution in [0.1, 0.15) is 5.56 Å². The Balaban J connectivity index is 1.58. The average molecular weight is 454 g/mol. The normalized spacial score (nSPS) is 10.7. The molecular weight excluding hydrogens is 438 g/mol. The predicted molar refractivity (Wildman–Crippen MR) is 125 cm³/mol. The van der Waals surface area contributed by atoms with Crippen LogP contribution in [0.3, 0.4) is 0 Å². The van der Waals surface area contributed by atoms with Gasteiger partial charge in [-0.2, -0.15) is 0 Å². The Labute approximate surface area is 186 Å². The van der Waals surface area contributed by atoms with Gasteiger partial charge in [-0.25, -0.2) is 4.98 Å². The number of nitro benzene ring substituents is 1. The third-order valence-electron chi connectivity index (χ3n) is 4.24. The van der Waals surface area contributed by atoms with Crippen molar-refractivity contribution in [1.29, 1.82) is 0 Å². The highest BCUT2D eigenvalue weighted by Gasteiger charge is 2.14. The van der Waals surface area contributed by atoms with Crippen molar-refractivity contribution < 1.29 is 4.92 Å². The third kappa shape index (κ3) is 4.99. The van der Waals surface area contributed by atoms with Crippen molar-refractivity contribution >= 4 is 51.1 Å². The van der Waals surface area contributed by atoms with E-state index in [9.17, 15) is 10.1 Å². The lowest BCUT2D eigenvalue weighted by atomic mass is 10.2. The number of nitro groups is 1. The van der Waals surface area contributed by atoms with E-state index in [1.807, 2.05) is 54.6 Å². The first-order valence-electron chi connectivity index (χ1n) is 9.03. The maximum Gasteiger partial charge on any atom is 0.269 e. The van der Waals surface area contributed by atoms with Crippen molar-refractivity contribution in [1.82, 2.24) is 4.98 Å². The number of thioether (sulfide) groups is 1. The van der Waals surface area contributed by atoms with Crippen LogP contribution in [0.2, 0.25) is 5.02 Å². The summed E-state index contributed by atoms with van der Waals surface area (Å²) in [5.74, 6) is 0.658. The number of rotatable bonds is 7. The van der Waals surface area contributed by atoms with Gasteiger partial charge in [-0.3, -0.25) is 10.1 Å². The van der Waals surface area contributed by atoms with Crippen LogP contribution < -0.4 is 5.32 Å². The molecule has 0 saturated carbocycles. The number of hydrogen-bond acceptors (Lipinski definition) is 6. The van der Waals surface area contributed by atoms with Crippen LogP contribution in [0, 0.1) is 10.1 Å². The van der Waals surface area contributed by atoms with Gasteiger partial charge in [0.15, 0.2) is 0 Å². The molecule has 5 nitrogen and oxygen atoms in total. The van der Waals surface area contributed by atoms with E-state index in [4.69, 9.17) is 16.6 Å². The van der Waals surface area contributed by atoms with Gasteiger partial charge in [0.05, 0.1) is 4.92 Å². The predicted octanol–water partition coefficient (Wildman–Crippen LogP) is 7.41. The molecule has 0 aliphatic heterocycles. The summed E-state index contributed by atoms with van der Waals surface area (Å²) in [6.45, 7) is 0. The first kappa shape index (κ1) is 20.4. The first-order chi connectivity index (χ1) is 14.6. The average Bonchev–Trinajstić information content (AvgIpc) is 3.17. The number of hydrogen-bond donors (Lipinski definition) is 1. The summed E-state index contributed by atoms with van der Waals surface area (Å²) in [6, 6.07) is 24.2. The number of halogens is 1. The van der Waals surface area contributed by atoms with E-state index in [1.54, 1.807) is 35.2 Å². The zero-order valence-corrected chi connectivity index (χ0v) is 18.0. The fourth-order valence-electron chi connectivity index (χ4n) is 2.72. The molecule has 1 aromatic heterocycles. The second kappa shape index (κ2) is 9.30. The summed E-state index contributed by atoms with van der Waals surface area (Å²) in [5.41, 5.74) is 3.08. The number of nitrogens with one attached hydrogen (secondary N) is 1. The molecule has 3 aromatic carbocycles. The molecule has 4 aromatic rings. The molecule has 0 aliphatic carbocycles. The first-order valence-corrected chi connectivity index (χ1v) is 11.2. The molecule has 150 valence electrons. The summed E-state index contributed by atoms with van der Waals surface area (Å²) >= 11 is 9.18. The topological polar surface area (TPSA) is 68.1 Å². The molecule has 0 spiro atoms.